The van der Waals surface area contributed by atoms with Gasteiger partial charge in [-0.15, -0.1) is 10.2 Å². The number of fused-ring (bicyclic) bond motifs is 2. The molecule has 0 spiro atoms. The monoisotopic (exact) mass is 483 g/mol. The SMILES string of the molecule is CC(C)(C)OC(=O)NC1CC(Cc2nnc([C@@H]3CC[C@@H]4CN3C(=O)N4OCc3ccccc3)o2)C1. The van der Waals surface area contributed by atoms with Gasteiger partial charge in [-0.05, 0) is 57.9 Å². The van der Waals surface area contributed by atoms with Gasteiger partial charge in [0.15, 0.2) is 0 Å². The van der Waals surface area contributed by atoms with Gasteiger partial charge in [-0.2, -0.15) is 5.06 Å². The molecule has 2 atom stereocenters. The zero-order chi connectivity index (χ0) is 24.6. The van der Waals surface area contributed by atoms with Crippen LogP contribution < -0.4 is 5.32 Å². The maximum absolute atomic E-state index is 13.0. The van der Waals surface area contributed by atoms with E-state index >= 15 is 0 Å². The smallest absolute Gasteiger partial charge is 0.407 e. The van der Waals surface area contributed by atoms with Gasteiger partial charge < -0.3 is 19.4 Å². The molecular formula is C25H33N5O5. The maximum Gasteiger partial charge on any atom is 0.407 e. The number of alkyl carbamates (subject to hydrolysis) is 1. The minimum absolute atomic E-state index is 0.0363. The average molecular weight is 484 g/mol. The molecule has 0 unspecified atom stereocenters. The van der Waals surface area contributed by atoms with Crippen LogP contribution in [-0.4, -0.2) is 56.5 Å². The molecule has 1 N–H and O–H groups in total. The molecule has 3 amide bonds. The standard InChI is InChI=1S/C25H33N5O5/c1-25(2,3)35-23(31)26-18-11-17(12-18)13-21-27-28-22(34-21)20-10-9-19-14-29(20)24(32)30(19)33-15-16-7-5-4-6-8-16/h4-8,17-20H,9-15H2,1-3H3,(H,26,31)/t17?,18?,19-,20+/m1/s1. The van der Waals surface area contributed by atoms with E-state index in [0.717, 1.165) is 31.2 Å². The van der Waals surface area contributed by atoms with E-state index in [1.54, 1.807) is 4.90 Å². The van der Waals surface area contributed by atoms with Crippen molar-refractivity contribution < 1.29 is 23.6 Å². The van der Waals surface area contributed by atoms with Gasteiger partial charge in [-0.25, -0.2) is 9.59 Å². The number of amides is 3. The zero-order valence-electron chi connectivity index (χ0n) is 20.5. The van der Waals surface area contributed by atoms with Crippen molar-refractivity contribution in [2.45, 2.75) is 83.2 Å². The zero-order valence-corrected chi connectivity index (χ0v) is 20.5. The molecule has 1 aliphatic carbocycles. The third kappa shape index (κ3) is 5.42. The summed E-state index contributed by atoms with van der Waals surface area (Å²) in [6.45, 7) is 6.50. The highest BCUT2D eigenvalue weighted by Gasteiger charge is 2.47. The van der Waals surface area contributed by atoms with Crippen LogP contribution in [0.5, 0.6) is 0 Å². The lowest BCUT2D eigenvalue weighted by atomic mass is 9.78. The topological polar surface area (TPSA) is 110 Å². The Bertz CT molecular complexity index is 1050. The second-order valence-corrected chi connectivity index (χ2v) is 10.7. The van der Waals surface area contributed by atoms with Gasteiger partial charge >= 0.3 is 12.1 Å². The van der Waals surface area contributed by atoms with Gasteiger partial charge in [-0.3, -0.25) is 4.84 Å². The van der Waals surface area contributed by atoms with Crippen molar-refractivity contribution in [2.75, 3.05) is 6.54 Å². The minimum atomic E-state index is -0.506. The Morgan fingerprint density at radius 2 is 1.94 bits per heavy atom. The largest absolute Gasteiger partial charge is 0.444 e. The predicted octanol–water partition coefficient (Wildman–Crippen LogP) is 3.99. The summed E-state index contributed by atoms with van der Waals surface area (Å²) in [5.41, 5.74) is 0.517. The minimum Gasteiger partial charge on any atom is -0.444 e. The van der Waals surface area contributed by atoms with Crippen LogP contribution in [-0.2, 0) is 22.6 Å². The van der Waals surface area contributed by atoms with Crippen molar-refractivity contribution >= 4 is 12.1 Å². The molecule has 3 heterocycles. The third-order valence-electron chi connectivity index (χ3n) is 6.72. The number of rotatable bonds is 7. The number of hydrogen-bond donors (Lipinski definition) is 1. The van der Waals surface area contributed by atoms with Gasteiger partial charge in [-0.1, -0.05) is 30.3 Å². The highest BCUT2D eigenvalue weighted by molar-refractivity contribution is 5.77. The molecule has 35 heavy (non-hydrogen) atoms. The van der Waals surface area contributed by atoms with Crippen LogP contribution >= 0.6 is 0 Å². The Hall–Kier alpha value is -3.14. The molecule has 10 nitrogen and oxygen atoms in total. The Morgan fingerprint density at radius 1 is 1.17 bits per heavy atom. The Kier molecular flexibility index (Phi) is 6.39. The first-order valence-corrected chi connectivity index (χ1v) is 12.3. The van der Waals surface area contributed by atoms with Gasteiger partial charge in [0.1, 0.15) is 18.2 Å². The fourth-order valence-electron chi connectivity index (χ4n) is 5.00. The van der Waals surface area contributed by atoms with Crippen molar-refractivity contribution in [3.63, 3.8) is 0 Å². The van der Waals surface area contributed by atoms with Crippen LogP contribution in [0, 0.1) is 5.92 Å². The predicted molar refractivity (Wildman–Crippen MR) is 125 cm³/mol. The Balaban J connectivity index is 1.11. The summed E-state index contributed by atoms with van der Waals surface area (Å²) in [4.78, 5) is 32.6. The van der Waals surface area contributed by atoms with Crippen LogP contribution in [0.4, 0.5) is 9.59 Å². The molecule has 2 saturated heterocycles. The number of nitrogens with one attached hydrogen (secondary N) is 1. The van der Waals surface area contributed by atoms with Crippen LogP contribution in [0.25, 0.3) is 0 Å². The van der Waals surface area contributed by atoms with E-state index in [9.17, 15) is 9.59 Å². The average Bonchev–Trinajstić information content (AvgIpc) is 3.34. The number of benzene rings is 1. The Labute approximate surface area is 204 Å². The van der Waals surface area contributed by atoms with Gasteiger partial charge in [0.05, 0.1) is 6.04 Å². The van der Waals surface area contributed by atoms with Crippen molar-refractivity contribution in [1.29, 1.82) is 0 Å². The molecule has 2 aromatic rings. The van der Waals surface area contributed by atoms with Crippen LogP contribution in [0.1, 0.15) is 69.8 Å². The summed E-state index contributed by atoms with van der Waals surface area (Å²) in [7, 11) is 0. The van der Waals surface area contributed by atoms with E-state index < -0.39 is 5.60 Å². The van der Waals surface area contributed by atoms with E-state index in [-0.39, 0.29) is 30.2 Å². The van der Waals surface area contributed by atoms with Crippen molar-refractivity contribution in [1.82, 2.24) is 25.5 Å². The molecule has 2 aliphatic heterocycles. The quantitative estimate of drug-likeness (QED) is 0.634. The fourth-order valence-corrected chi connectivity index (χ4v) is 5.00. The first-order chi connectivity index (χ1) is 16.7. The molecule has 3 aliphatic rings. The van der Waals surface area contributed by atoms with E-state index in [1.165, 1.54) is 5.06 Å². The summed E-state index contributed by atoms with van der Waals surface area (Å²) >= 11 is 0. The third-order valence-corrected chi connectivity index (χ3v) is 6.72. The number of hydrogen-bond acceptors (Lipinski definition) is 7. The van der Waals surface area contributed by atoms with Gasteiger partial charge in [0.25, 0.3) is 0 Å². The van der Waals surface area contributed by atoms with Crippen LogP contribution in [0.15, 0.2) is 34.7 Å². The van der Waals surface area contributed by atoms with Crippen LogP contribution in [0.2, 0.25) is 0 Å². The molecule has 1 aromatic heterocycles. The molecule has 5 rings (SSSR count). The van der Waals surface area contributed by atoms with E-state index in [0.29, 0.717) is 37.3 Å². The molecule has 2 bridgehead atoms. The number of carbonyl (C=O) groups is 2. The normalized spacial score (nSPS) is 26.0. The molecule has 3 fully saturated rings. The second kappa shape index (κ2) is 9.49. The fraction of sp³-hybridized carbons (Fsp3) is 0.600. The van der Waals surface area contributed by atoms with Crippen molar-refractivity contribution in [3.05, 3.63) is 47.7 Å². The summed E-state index contributed by atoms with van der Waals surface area (Å²) in [5, 5.41) is 12.9. The molecule has 1 aromatic carbocycles. The number of ether oxygens (including phenoxy) is 1. The molecule has 0 radical (unpaired) electrons. The van der Waals surface area contributed by atoms with Gasteiger partial charge in [0, 0.05) is 19.0 Å². The molecule has 188 valence electrons. The summed E-state index contributed by atoms with van der Waals surface area (Å²) < 4.78 is 11.3. The summed E-state index contributed by atoms with van der Waals surface area (Å²) in [6, 6.07) is 9.59. The number of nitrogens with zero attached hydrogens (tertiary/aromatic N) is 4. The second-order valence-electron chi connectivity index (χ2n) is 10.7. The molecular weight excluding hydrogens is 450 g/mol. The van der Waals surface area contributed by atoms with Crippen molar-refractivity contribution in [3.8, 4) is 0 Å². The number of carbonyl (C=O) groups excluding carboxylic acids is 2. The number of piperidine rings is 1. The highest BCUT2D eigenvalue weighted by atomic mass is 16.7. The van der Waals surface area contributed by atoms with E-state index in [1.807, 2.05) is 51.1 Å². The summed E-state index contributed by atoms with van der Waals surface area (Å²) in [5.74, 6) is 1.43. The van der Waals surface area contributed by atoms with Gasteiger partial charge in [0.2, 0.25) is 11.8 Å². The highest BCUT2D eigenvalue weighted by Crippen LogP contribution is 2.38. The first-order valence-electron chi connectivity index (χ1n) is 12.3. The lowest BCUT2D eigenvalue weighted by Crippen LogP contribution is -2.46. The van der Waals surface area contributed by atoms with E-state index in [4.69, 9.17) is 14.0 Å². The van der Waals surface area contributed by atoms with Crippen molar-refractivity contribution in [2.24, 2.45) is 5.92 Å². The molecule has 1 saturated carbocycles. The maximum atomic E-state index is 13.0. The number of hydroxylamine groups is 2. The molecule has 10 heteroatoms. The number of urea groups is 1. The van der Waals surface area contributed by atoms with Crippen LogP contribution in [0.3, 0.4) is 0 Å². The first kappa shape index (κ1) is 23.6. The lowest BCUT2D eigenvalue weighted by Gasteiger charge is -2.35. The van der Waals surface area contributed by atoms with E-state index in [2.05, 4.69) is 15.5 Å². The summed E-state index contributed by atoms with van der Waals surface area (Å²) in [6.07, 6.45) is 3.55. The number of aromatic nitrogens is 2. The Morgan fingerprint density at radius 3 is 2.69 bits per heavy atom. The lowest BCUT2D eigenvalue weighted by molar-refractivity contribution is -0.140.